The summed E-state index contributed by atoms with van der Waals surface area (Å²) in [7, 11) is 3.45. The zero-order chi connectivity index (χ0) is 20.8. The van der Waals surface area contributed by atoms with Gasteiger partial charge in [-0.1, -0.05) is 18.2 Å². The number of nitrogens with one attached hydrogen (secondary N) is 1. The van der Waals surface area contributed by atoms with Crippen molar-refractivity contribution in [2.24, 2.45) is 0 Å². The molecule has 0 aliphatic carbocycles. The lowest BCUT2D eigenvalue weighted by Gasteiger charge is -2.34. The van der Waals surface area contributed by atoms with Crippen molar-refractivity contribution in [1.29, 1.82) is 0 Å². The smallest absolute Gasteiger partial charge is 0.277 e. The van der Waals surface area contributed by atoms with Crippen LogP contribution in [0.5, 0.6) is 5.75 Å². The van der Waals surface area contributed by atoms with Crippen molar-refractivity contribution in [3.8, 4) is 5.75 Å². The van der Waals surface area contributed by atoms with Gasteiger partial charge in [-0.25, -0.2) is 0 Å². The first kappa shape index (κ1) is 20.6. The number of carbonyl (C=O) groups is 1. The van der Waals surface area contributed by atoms with Gasteiger partial charge in [-0.3, -0.25) is 14.9 Å². The third-order valence-corrected chi connectivity index (χ3v) is 5.32. The number of non-ortho nitro benzene ring substituents is 1. The molecule has 1 aliphatic heterocycles. The number of carbonyl (C=O) groups excluding carboxylic acids is 1. The van der Waals surface area contributed by atoms with Crippen LogP contribution in [0.25, 0.3) is 0 Å². The average Bonchev–Trinajstić information content (AvgIpc) is 2.74. The number of nitro benzene ring substituents is 1. The molecule has 8 heteroatoms. The number of benzene rings is 2. The van der Waals surface area contributed by atoms with Gasteiger partial charge in [0.15, 0.2) is 6.54 Å². The van der Waals surface area contributed by atoms with Gasteiger partial charge in [0, 0.05) is 37.0 Å². The highest BCUT2D eigenvalue weighted by atomic mass is 16.6. The zero-order valence-corrected chi connectivity index (χ0v) is 16.8. The summed E-state index contributed by atoms with van der Waals surface area (Å²) in [6.45, 7) is 4.31. The van der Waals surface area contributed by atoms with Gasteiger partial charge < -0.3 is 19.4 Å². The molecule has 0 atom stereocenters. The number of rotatable bonds is 7. The molecule has 1 saturated heterocycles. The molecule has 1 fully saturated rings. The van der Waals surface area contributed by atoms with E-state index in [0.717, 1.165) is 43.2 Å². The number of ether oxygens (including phenoxy) is 1. The summed E-state index contributed by atoms with van der Waals surface area (Å²) in [6, 6.07) is 14.4. The Balaban J connectivity index is 1.49. The van der Waals surface area contributed by atoms with Crippen LogP contribution in [-0.4, -0.2) is 62.6 Å². The molecular formula is C21H27N4O4+. The number of para-hydroxylation sites is 1. The number of hydrogen-bond donors (Lipinski definition) is 1. The lowest BCUT2D eigenvalue weighted by atomic mass is 10.2. The third kappa shape index (κ3) is 5.23. The van der Waals surface area contributed by atoms with Gasteiger partial charge in [-0.2, -0.15) is 0 Å². The molecule has 0 spiro atoms. The largest absolute Gasteiger partial charge is 0.496 e. The molecular weight excluding hydrogens is 372 g/mol. The number of quaternary nitrogens is 1. The first-order valence-electron chi connectivity index (χ1n) is 9.66. The number of piperazine rings is 1. The molecule has 0 unspecified atom stereocenters. The first-order valence-corrected chi connectivity index (χ1v) is 9.66. The number of nitrogens with zero attached hydrogens (tertiary/aromatic N) is 3. The molecule has 0 bridgehead atoms. The Bertz CT molecular complexity index is 848. The van der Waals surface area contributed by atoms with Gasteiger partial charge in [-0.05, 0) is 18.2 Å². The van der Waals surface area contributed by atoms with Crippen LogP contribution < -0.4 is 14.5 Å². The molecule has 29 heavy (non-hydrogen) atoms. The molecule has 3 rings (SSSR count). The van der Waals surface area contributed by atoms with Crippen molar-refractivity contribution in [2.75, 3.05) is 51.8 Å². The van der Waals surface area contributed by atoms with E-state index < -0.39 is 0 Å². The third-order valence-electron chi connectivity index (χ3n) is 5.32. The summed E-state index contributed by atoms with van der Waals surface area (Å²) in [5.74, 6) is 0.894. The summed E-state index contributed by atoms with van der Waals surface area (Å²) >= 11 is 0. The fourth-order valence-electron chi connectivity index (χ4n) is 3.57. The minimum Gasteiger partial charge on any atom is -0.496 e. The Hall–Kier alpha value is -3.13. The van der Waals surface area contributed by atoms with Gasteiger partial charge in [0.05, 0.1) is 38.2 Å². The van der Waals surface area contributed by atoms with Crippen molar-refractivity contribution >= 4 is 17.3 Å². The van der Waals surface area contributed by atoms with Crippen LogP contribution in [0.15, 0.2) is 48.5 Å². The Kier molecular flexibility index (Phi) is 6.66. The Morgan fingerprint density at radius 1 is 1.17 bits per heavy atom. The van der Waals surface area contributed by atoms with Crippen molar-refractivity contribution < 1.29 is 19.4 Å². The van der Waals surface area contributed by atoms with E-state index in [1.807, 2.05) is 31.3 Å². The van der Waals surface area contributed by atoms with E-state index in [1.54, 1.807) is 24.1 Å². The Morgan fingerprint density at radius 2 is 1.83 bits per heavy atom. The van der Waals surface area contributed by atoms with Crippen LogP contribution in [0.1, 0.15) is 5.56 Å². The average molecular weight is 399 g/mol. The number of anilines is 1. The topological polar surface area (TPSA) is 80.4 Å². The van der Waals surface area contributed by atoms with Crippen molar-refractivity contribution in [3.63, 3.8) is 0 Å². The maximum Gasteiger partial charge on any atom is 0.277 e. The van der Waals surface area contributed by atoms with E-state index in [1.165, 1.54) is 17.0 Å². The van der Waals surface area contributed by atoms with E-state index in [4.69, 9.17) is 4.74 Å². The minimum absolute atomic E-state index is 0.0988. The predicted octanol–water partition coefficient (Wildman–Crippen LogP) is 0.967. The molecule has 8 nitrogen and oxygen atoms in total. The van der Waals surface area contributed by atoms with Crippen molar-refractivity contribution in [3.05, 3.63) is 64.2 Å². The fraction of sp³-hybridized carbons (Fsp3) is 0.381. The second-order valence-corrected chi connectivity index (χ2v) is 7.25. The normalized spacial score (nSPS) is 14.5. The summed E-state index contributed by atoms with van der Waals surface area (Å²) in [5.41, 5.74) is 2.07. The van der Waals surface area contributed by atoms with Crippen LogP contribution >= 0.6 is 0 Å². The SMILES string of the molecule is COc1ccccc1CN(C)C(=O)C[NH+]1CCN(c2ccc([N+](=O)[O-])cc2)CC1. The van der Waals surface area contributed by atoms with E-state index in [2.05, 4.69) is 4.90 Å². The molecule has 0 saturated carbocycles. The quantitative estimate of drug-likeness (QED) is 0.554. The van der Waals surface area contributed by atoms with Crippen molar-refractivity contribution in [1.82, 2.24) is 4.90 Å². The second kappa shape index (κ2) is 9.38. The Morgan fingerprint density at radius 3 is 2.45 bits per heavy atom. The summed E-state index contributed by atoms with van der Waals surface area (Å²) in [4.78, 5) is 28.2. The molecule has 1 N–H and O–H groups in total. The standard InChI is InChI=1S/C21H26N4O4/c1-22(15-17-5-3-4-6-20(17)29-2)21(26)16-23-11-13-24(14-12-23)18-7-9-19(10-8-18)25(27)28/h3-10H,11-16H2,1-2H3/p+1. The molecule has 1 heterocycles. The highest BCUT2D eigenvalue weighted by Crippen LogP contribution is 2.20. The maximum atomic E-state index is 12.7. The number of nitro groups is 1. The van der Waals surface area contributed by atoms with Gasteiger partial charge in [0.25, 0.3) is 11.6 Å². The molecule has 2 aromatic rings. The molecule has 0 aromatic heterocycles. The summed E-state index contributed by atoms with van der Waals surface area (Å²) in [6.07, 6.45) is 0. The summed E-state index contributed by atoms with van der Waals surface area (Å²) in [5, 5.41) is 10.8. The first-order chi connectivity index (χ1) is 14.0. The van der Waals surface area contributed by atoms with E-state index >= 15 is 0 Å². The molecule has 2 aromatic carbocycles. The zero-order valence-electron chi connectivity index (χ0n) is 16.8. The number of hydrogen-bond acceptors (Lipinski definition) is 5. The van der Waals surface area contributed by atoms with Gasteiger partial charge >= 0.3 is 0 Å². The fourth-order valence-corrected chi connectivity index (χ4v) is 3.57. The van der Waals surface area contributed by atoms with Crippen LogP contribution in [0, 0.1) is 10.1 Å². The number of methoxy groups -OCH3 is 1. The highest BCUT2D eigenvalue weighted by Gasteiger charge is 2.24. The summed E-state index contributed by atoms with van der Waals surface area (Å²) < 4.78 is 5.36. The van der Waals surface area contributed by atoms with Crippen LogP contribution in [0.3, 0.4) is 0 Å². The monoisotopic (exact) mass is 399 g/mol. The van der Waals surface area contributed by atoms with Gasteiger partial charge in [0.2, 0.25) is 0 Å². The van der Waals surface area contributed by atoms with Crippen molar-refractivity contribution in [2.45, 2.75) is 6.54 Å². The lowest BCUT2D eigenvalue weighted by Crippen LogP contribution is -3.15. The molecule has 0 radical (unpaired) electrons. The molecule has 1 aliphatic rings. The van der Waals surface area contributed by atoms with Crippen LogP contribution in [0.2, 0.25) is 0 Å². The predicted molar refractivity (Wildman–Crippen MR) is 110 cm³/mol. The van der Waals surface area contributed by atoms with E-state index in [-0.39, 0.29) is 16.5 Å². The lowest BCUT2D eigenvalue weighted by molar-refractivity contribution is -0.892. The maximum absolute atomic E-state index is 12.7. The van der Waals surface area contributed by atoms with E-state index in [0.29, 0.717) is 13.1 Å². The molecule has 1 amide bonds. The number of likely N-dealkylation sites (N-methyl/N-ethyl adjacent to an activating group) is 1. The highest BCUT2D eigenvalue weighted by molar-refractivity contribution is 5.76. The van der Waals surface area contributed by atoms with Crippen LogP contribution in [0.4, 0.5) is 11.4 Å². The van der Waals surface area contributed by atoms with Gasteiger partial charge in [-0.15, -0.1) is 0 Å². The molecule has 154 valence electrons. The van der Waals surface area contributed by atoms with E-state index in [9.17, 15) is 14.9 Å². The minimum atomic E-state index is -0.390. The Labute approximate surface area is 170 Å². The second-order valence-electron chi connectivity index (χ2n) is 7.25. The number of amides is 1. The van der Waals surface area contributed by atoms with Crippen LogP contribution in [-0.2, 0) is 11.3 Å². The van der Waals surface area contributed by atoms with Gasteiger partial charge in [0.1, 0.15) is 5.75 Å².